The Morgan fingerprint density at radius 2 is 2.04 bits per heavy atom. The average molecular weight is 354 g/mol. The smallest absolute Gasteiger partial charge is 0.320 e. The van der Waals surface area contributed by atoms with E-state index in [2.05, 4.69) is 26.9 Å². The molecule has 0 saturated heterocycles. The standard InChI is InChI=1S/C17H18N6O3/c1-2-3-8-26-16-21-14(18)13-15(22-16)23(17(25)20-13)9-11-4-6-12(7-5-11)19-10-24/h4-7H,2-3,8-9H2,1H3,(H,20,25)(H2,18,21,22). The molecule has 1 aromatic carbocycles. The van der Waals surface area contributed by atoms with Crippen LogP contribution in [0.15, 0.2) is 29.3 Å². The van der Waals surface area contributed by atoms with Gasteiger partial charge in [-0.1, -0.05) is 25.5 Å². The molecule has 3 aromatic rings. The molecule has 0 saturated carbocycles. The van der Waals surface area contributed by atoms with Crippen LogP contribution in [0.4, 0.5) is 11.5 Å². The number of unbranched alkanes of at least 4 members (excludes halogenated alkanes) is 1. The summed E-state index contributed by atoms with van der Waals surface area (Å²) in [6, 6.07) is 6.86. The highest BCUT2D eigenvalue weighted by atomic mass is 16.5. The van der Waals surface area contributed by atoms with Gasteiger partial charge in [0.1, 0.15) is 0 Å². The van der Waals surface area contributed by atoms with Crippen molar-refractivity contribution in [3.63, 3.8) is 0 Å². The molecule has 0 bridgehead atoms. The Morgan fingerprint density at radius 3 is 2.73 bits per heavy atom. The molecular weight excluding hydrogens is 336 g/mol. The molecule has 134 valence electrons. The molecule has 3 N–H and O–H groups in total. The van der Waals surface area contributed by atoms with Crippen LogP contribution in [0.2, 0.25) is 0 Å². The summed E-state index contributed by atoms with van der Waals surface area (Å²) >= 11 is 0. The van der Waals surface area contributed by atoms with Gasteiger partial charge in [0.25, 0.3) is 6.01 Å². The van der Waals surface area contributed by atoms with Crippen LogP contribution in [-0.2, 0) is 11.3 Å². The highest BCUT2D eigenvalue weighted by molar-refractivity contribution is 5.83. The van der Waals surface area contributed by atoms with Gasteiger partial charge >= 0.3 is 6.01 Å². The molecule has 0 fully saturated rings. The quantitative estimate of drug-likeness (QED) is 0.378. The van der Waals surface area contributed by atoms with Crippen LogP contribution < -0.4 is 10.5 Å². The second kappa shape index (κ2) is 7.62. The van der Waals surface area contributed by atoms with E-state index >= 15 is 0 Å². The zero-order valence-corrected chi connectivity index (χ0v) is 14.2. The summed E-state index contributed by atoms with van der Waals surface area (Å²) in [5.74, 6) is 0.145. The van der Waals surface area contributed by atoms with Gasteiger partial charge in [0, 0.05) is 0 Å². The van der Waals surface area contributed by atoms with E-state index in [-0.39, 0.29) is 17.8 Å². The van der Waals surface area contributed by atoms with Gasteiger partial charge in [0.15, 0.2) is 17.0 Å². The van der Waals surface area contributed by atoms with E-state index in [0.717, 1.165) is 18.4 Å². The second-order valence-electron chi connectivity index (χ2n) is 5.63. The largest absolute Gasteiger partial charge is 0.480 e. The van der Waals surface area contributed by atoms with Gasteiger partial charge in [0.2, 0.25) is 6.08 Å². The van der Waals surface area contributed by atoms with Crippen molar-refractivity contribution in [3.05, 3.63) is 29.8 Å². The average Bonchev–Trinajstić information content (AvgIpc) is 2.94. The second-order valence-corrected chi connectivity index (χ2v) is 5.63. The minimum atomic E-state index is -0.221. The van der Waals surface area contributed by atoms with Crippen LogP contribution in [0.3, 0.4) is 0 Å². The molecule has 2 aromatic heterocycles. The summed E-state index contributed by atoms with van der Waals surface area (Å²) in [6.45, 7) is 2.85. The Balaban J connectivity index is 1.93. The predicted molar refractivity (Wildman–Crippen MR) is 95.1 cm³/mol. The van der Waals surface area contributed by atoms with Gasteiger partial charge in [0.05, 0.1) is 18.8 Å². The van der Waals surface area contributed by atoms with Crippen molar-refractivity contribution in [2.24, 2.45) is 4.99 Å². The first-order chi connectivity index (χ1) is 12.6. The first kappa shape index (κ1) is 17.4. The number of ether oxygens (including phenoxy) is 1. The van der Waals surface area contributed by atoms with Crippen LogP contribution in [0, 0.1) is 0 Å². The number of nitrogens with zero attached hydrogens (tertiary/aromatic N) is 5. The molecule has 0 aliphatic carbocycles. The first-order valence-electron chi connectivity index (χ1n) is 8.14. The Bertz CT molecular complexity index is 961. The Hall–Kier alpha value is -3.45. The molecule has 0 aliphatic heterocycles. The maximum Gasteiger partial charge on any atom is 0.320 e. The summed E-state index contributed by atoms with van der Waals surface area (Å²) in [7, 11) is 0. The number of carbonyl (C=O) groups excluding carboxylic acids is 1. The molecule has 2 heterocycles. The van der Waals surface area contributed by atoms with Gasteiger partial charge in [-0.15, -0.1) is 0 Å². The third kappa shape index (κ3) is 3.62. The maximum absolute atomic E-state index is 10.3. The molecule has 26 heavy (non-hydrogen) atoms. The maximum atomic E-state index is 10.3. The number of anilines is 1. The van der Waals surface area contributed by atoms with Gasteiger partial charge in [-0.2, -0.15) is 19.9 Å². The van der Waals surface area contributed by atoms with Crippen molar-refractivity contribution in [1.29, 1.82) is 0 Å². The minimum absolute atomic E-state index is 0.145. The number of aromatic nitrogens is 4. The fraction of sp³-hybridized carbons (Fsp3) is 0.294. The van der Waals surface area contributed by atoms with Crippen molar-refractivity contribution in [2.75, 3.05) is 12.3 Å². The summed E-state index contributed by atoms with van der Waals surface area (Å²) in [5.41, 5.74) is 7.98. The number of fused-ring (bicyclic) bond motifs is 1. The molecule has 0 unspecified atom stereocenters. The van der Waals surface area contributed by atoms with Gasteiger partial charge in [-0.05, 0) is 24.1 Å². The molecule has 0 radical (unpaired) electrons. The van der Waals surface area contributed by atoms with Gasteiger partial charge in [-0.3, -0.25) is 4.57 Å². The van der Waals surface area contributed by atoms with Crippen molar-refractivity contribution in [1.82, 2.24) is 19.5 Å². The number of aliphatic imine (C=N–C) groups is 1. The number of nitrogen functional groups attached to an aromatic ring is 1. The summed E-state index contributed by atoms with van der Waals surface area (Å²) in [4.78, 5) is 26.3. The number of imidazole rings is 1. The van der Waals surface area contributed by atoms with Crippen LogP contribution in [0.25, 0.3) is 11.2 Å². The van der Waals surface area contributed by atoms with Crippen LogP contribution in [-0.4, -0.2) is 37.3 Å². The molecule has 9 nitrogen and oxygen atoms in total. The number of aromatic hydroxyl groups is 1. The zero-order valence-electron chi connectivity index (χ0n) is 14.2. The number of benzene rings is 1. The monoisotopic (exact) mass is 354 g/mol. The van der Waals surface area contributed by atoms with Crippen molar-refractivity contribution in [2.45, 2.75) is 26.3 Å². The van der Waals surface area contributed by atoms with E-state index in [9.17, 15) is 9.90 Å². The number of nitrogens with two attached hydrogens (primary N) is 1. The molecular formula is C17H18N6O3. The van der Waals surface area contributed by atoms with Crippen molar-refractivity contribution < 1.29 is 14.6 Å². The summed E-state index contributed by atoms with van der Waals surface area (Å²) < 4.78 is 7.03. The zero-order chi connectivity index (χ0) is 18.5. The van der Waals surface area contributed by atoms with Gasteiger partial charge < -0.3 is 15.6 Å². The van der Waals surface area contributed by atoms with E-state index in [1.165, 1.54) is 10.6 Å². The Morgan fingerprint density at radius 1 is 1.27 bits per heavy atom. The molecule has 0 amide bonds. The molecule has 0 aliphatic rings. The topological polar surface area (TPSA) is 129 Å². The normalized spacial score (nSPS) is 10.7. The van der Waals surface area contributed by atoms with E-state index < -0.39 is 0 Å². The van der Waals surface area contributed by atoms with Gasteiger partial charge in [-0.25, -0.2) is 4.79 Å². The number of isocyanates is 1. The number of hydrogen-bond acceptors (Lipinski definition) is 8. The van der Waals surface area contributed by atoms with Crippen LogP contribution in [0.1, 0.15) is 25.3 Å². The Labute approximate surface area is 149 Å². The molecule has 0 spiro atoms. The Kier molecular flexibility index (Phi) is 5.09. The lowest BCUT2D eigenvalue weighted by molar-refractivity contribution is 0.286. The van der Waals surface area contributed by atoms with E-state index in [1.807, 2.05) is 0 Å². The van der Waals surface area contributed by atoms with Crippen LogP contribution >= 0.6 is 0 Å². The van der Waals surface area contributed by atoms with Crippen molar-refractivity contribution >= 4 is 28.7 Å². The SMILES string of the molecule is CCCCOc1nc(N)c2nc(O)n(Cc3ccc(N=C=O)cc3)c2n1. The fourth-order valence-electron chi connectivity index (χ4n) is 2.42. The molecule has 3 rings (SSSR count). The van der Waals surface area contributed by atoms with E-state index in [4.69, 9.17) is 10.5 Å². The highest BCUT2D eigenvalue weighted by Crippen LogP contribution is 2.26. The number of rotatable bonds is 7. The lowest BCUT2D eigenvalue weighted by Gasteiger charge is -2.07. The summed E-state index contributed by atoms with van der Waals surface area (Å²) in [5, 5.41) is 10.2. The van der Waals surface area contributed by atoms with E-state index in [1.54, 1.807) is 24.3 Å². The van der Waals surface area contributed by atoms with E-state index in [0.29, 0.717) is 30.0 Å². The third-order valence-corrected chi connectivity index (χ3v) is 3.76. The lowest BCUT2D eigenvalue weighted by Crippen LogP contribution is -2.06. The molecule has 9 heteroatoms. The minimum Gasteiger partial charge on any atom is -0.480 e. The highest BCUT2D eigenvalue weighted by Gasteiger charge is 2.17. The lowest BCUT2D eigenvalue weighted by atomic mass is 10.2. The number of hydrogen-bond donors (Lipinski definition) is 2. The van der Waals surface area contributed by atoms with Crippen LogP contribution in [0.5, 0.6) is 12.0 Å². The fourth-order valence-corrected chi connectivity index (χ4v) is 2.42. The predicted octanol–water partition coefficient (Wildman–Crippen LogP) is 2.31. The molecule has 0 atom stereocenters. The summed E-state index contributed by atoms with van der Waals surface area (Å²) in [6.07, 6.45) is 3.35. The first-order valence-corrected chi connectivity index (χ1v) is 8.14. The third-order valence-electron chi connectivity index (χ3n) is 3.76. The van der Waals surface area contributed by atoms with Crippen molar-refractivity contribution in [3.8, 4) is 12.0 Å².